The molecule has 6 rings (SSSR count). The number of carbonyl (C=O) groups excluding carboxylic acids is 1. The first kappa shape index (κ1) is 30.0. The van der Waals surface area contributed by atoms with E-state index in [4.69, 9.17) is 15.5 Å². The number of nitrogens with one attached hydrogen (secondary N) is 1. The molecule has 45 heavy (non-hydrogen) atoms. The Kier molecular flexibility index (Phi) is 8.38. The Balaban J connectivity index is 1.36. The van der Waals surface area contributed by atoms with Gasteiger partial charge in [0.15, 0.2) is 0 Å². The highest BCUT2D eigenvalue weighted by Gasteiger charge is 2.21. The van der Waals surface area contributed by atoms with E-state index in [-0.39, 0.29) is 31.5 Å². The molecule has 0 saturated heterocycles. The number of esters is 1. The third-order valence-electron chi connectivity index (χ3n) is 7.51. The molecular formula is C34H34N6O4S. The van der Waals surface area contributed by atoms with Crippen LogP contribution < -0.4 is 10.5 Å². The van der Waals surface area contributed by atoms with E-state index in [1.54, 1.807) is 28.8 Å². The van der Waals surface area contributed by atoms with Crippen LogP contribution in [0.2, 0.25) is 0 Å². The van der Waals surface area contributed by atoms with Crippen LogP contribution in [0.25, 0.3) is 21.8 Å². The third-order valence-corrected chi connectivity index (χ3v) is 8.77. The van der Waals surface area contributed by atoms with Gasteiger partial charge in [-0.3, -0.25) is 9.40 Å². The minimum absolute atomic E-state index is 0.0170. The van der Waals surface area contributed by atoms with Gasteiger partial charge in [0.1, 0.15) is 17.9 Å². The maximum atomic E-state index is 13.6. The number of fused-ring (bicyclic) bond motifs is 2. The number of sulfonamides is 1. The van der Waals surface area contributed by atoms with Crippen LogP contribution in [0.3, 0.4) is 0 Å². The fourth-order valence-electron chi connectivity index (χ4n) is 5.32. The number of carbonyl (C=O) groups is 1. The number of nitrogens with two attached hydrogens (primary N) is 1. The minimum Gasteiger partial charge on any atom is -0.454 e. The van der Waals surface area contributed by atoms with Gasteiger partial charge >= 0.3 is 5.97 Å². The van der Waals surface area contributed by atoms with Gasteiger partial charge in [0.2, 0.25) is 10.0 Å². The minimum atomic E-state index is -3.70. The van der Waals surface area contributed by atoms with Crippen molar-refractivity contribution in [1.29, 1.82) is 0 Å². The largest absolute Gasteiger partial charge is 0.454 e. The maximum absolute atomic E-state index is 13.6. The number of benzene rings is 3. The molecule has 3 N–H and O–H groups in total. The summed E-state index contributed by atoms with van der Waals surface area (Å²) in [7, 11) is -3.70. The monoisotopic (exact) mass is 622 g/mol. The number of hydrogen-bond acceptors (Lipinski definition) is 7. The quantitative estimate of drug-likeness (QED) is 0.175. The highest BCUT2D eigenvalue weighted by atomic mass is 32.2. The van der Waals surface area contributed by atoms with Crippen molar-refractivity contribution in [2.24, 2.45) is 5.73 Å². The molecule has 3 heterocycles. The Hall–Kier alpha value is -5.00. The predicted molar refractivity (Wildman–Crippen MR) is 175 cm³/mol. The van der Waals surface area contributed by atoms with Crippen LogP contribution in [0.1, 0.15) is 52.9 Å². The van der Waals surface area contributed by atoms with Crippen LogP contribution in [-0.2, 0) is 40.2 Å². The first-order chi connectivity index (χ1) is 21.7. The van der Waals surface area contributed by atoms with Crippen molar-refractivity contribution in [1.82, 2.24) is 19.3 Å². The summed E-state index contributed by atoms with van der Waals surface area (Å²) in [5.41, 5.74) is 10.0. The van der Waals surface area contributed by atoms with Gasteiger partial charge in [0.05, 0.1) is 23.7 Å². The Bertz CT molecular complexity index is 2100. The Morgan fingerprint density at radius 3 is 2.47 bits per heavy atom. The van der Waals surface area contributed by atoms with E-state index in [9.17, 15) is 13.2 Å². The molecule has 3 aromatic carbocycles. The van der Waals surface area contributed by atoms with Crippen LogP contribution >= 0.6 is 0 Å². The fourth-order valence-corrected chi connectivity index (χ4v) is 6.50. The molecule has 0 unspecified atom stereocenters. The average molecular weight is 623 g/mol. The zero-order chi connectivity index (χ0) is 31.6. The highest BCUT2D eigenvalue weighted by Crippen LogP contribution is 2.29. The molecule has 0 aliphatic carbocycles. The summed E-state index contributed by atoms with van der Waals surface area (Å²) in [6.07, 6.45) is 1.86. The van der Waals surface area contributed by atoms with Crippen molar-refractivity contribution >= 4 is 43.5 Å². The molecule has 0 radical (unpaired) electrons. The SMILES string of the molecule is CC(C)n1ccc(COC(=O)c2cc3ccc(CN)nc3n2Cc2cc(NS(=O)(=O)Cc3ccccc3)cc3ccccc23)n1. The first-order valence-electron chi connectivity index (χ1n) is 14.7. The summed E-state index contributed by atoms with van der Waals surface area (Å²) < 4.78 is 38.4. The standard InChI is InChI=1S/C34H34N6O4S/c1-23(2)40-15-14-29(37-40)21-44-34(41)32-18-26-12-13-28(19-35)36-33(26)39(32)20-27-17-30(16-25-10-6-7-11-31(25)27)38-45(42,43)22-24-8-4-3-5-9-24/h3-18,23,38H,19-22,35H2,1-2H3. The molecule has 230 valence electrons. The lowest BCUT2D eigenvalue weighted by Crippen LogP contribution is -2.16. The molecule has 0 atom stereocenters. The van der Waals surface area contributed by atoms with E-state index in [1.165, 1.54) is 0 Å². The van der Waals surface area contributed by atoms with E-state index in [2.05, 4.69) is 9.82 Å². The number of anilines is 1. The normalized spacial score (nSPS) is 11.8. The van der Waals surface area contributed by atoms with E-state index >= 15 is 0 Å². The summed E-state index contributed by atoms with van der Waals surface area (Å²) in [6, 6.07) is 27.9. The Morgan fingerprint density at radius 1 is 0.933 bits per heavy atom. The number of nitrogens with zero attached hydrogens (tertiary/aromatic N) is 4. The molecule has 0 aliphatic heterocycles. The first-order valence-corrected chi connectivity index (χ1v) is 16.3. The van der Waals surface area contributed by atoms with Crippen molar-refractivity contribution in [3.63, 3.8) is 0 Å². The van der Waals surface area contributed by atoms with Crippen molar-refractivity contribution in [3.8, 4) is 0 Å². The lowest BCUT2D eigenvalue weighted by atomic mass is 10.0. The molecule has 0 saturated carbocycles. The zero-order valence-corrected chi connectivity index (χ0v) is 25.9. The number of rotatable bonds is 11. The average Bonchev–Trinajstić information content (AvgIpc) is 3.65. The highest BCUT2D eigenvalue weighted by molar-refractivity contribution is 7.91. The lowest BCUT2D eigenvalue weighted by Gasteiger charge is -2.15. The molecule has 0 bridgehead atoms. The van der Waals surface area contributed by atoms with E-state index in [1.807, 2.05) is 91.5 Å². The molecule has 0 amide bonds. The number of aromatic nitrogens is 4. The fraction of sp³-hybridized carbons (Fsp3) is 0.206. The van der Waals surface area contributed by atoms with Crippen LogP contribution in [-0.4, -0.2) is 33.7 Å². The van der Waals surface area contributed by atoms with Crippen molar-refractivity contribution in [2.75, 3.05) is 4.72 Å². The van der Waals surface area contributed by atoms with E-state index in [0.717, 1.165) is 21.7 Å². The van der Waals surface area contributed by atoms with Gasteiger partial charge in [0.25, 0.3) is 0 Å². The molecular weight excluding hydrogens is 588 g/mol. The second-order valence-corrected chi connectivity index (χ2v) is 12.9. The summed E-state index contributed by atoms with van der Waals surface area (Å²) >= 11 is 0. The van der Waals surface area contributed by atoms with Gasteiger partial charge in [-0.15, -0.1) is 0 Å². The van der Waals surface area contributed by atoms with Crippen LogP contribution in [0.4, 0.5) is 5.69 Å². The van der Waals surface area contributed by atoms with Gasteiger partial charge in [0, 0.05) is 29.9 Å². The smallest absolute Gasteiger partial charge is 0.355 e. The lowest BCUT2D eigenvalue weighted by molar-refractivity contribution is 0.0455. The van der Waals surface area contributed by atoms with Gasteiger partial charge in [-0.25, -0.2) is 18.2 Å². The van der Waals surface area contributed by atoms with E-state index in [0.29, 0.717) is 34.0 Å². The molecule has 10 nitrogen and oxygen atoms in total. The molecule has 3 aromatic heterocycles. The second-order valence-electron chi connectivity index (χ2n) is 11.2. The predicted octanol–water partition coefficient (Wildman–Crippen LogP) is 5.77. The Morgan fingerprint density at radius 2 is 1.71 bits per heavy atom. The van der Waals surface area contributed by atoms with Crippen LogP contribution in [0.15, 0.2) is 97.2 Å². The number of ether oxygens (including phenoxy) is 1. The summed E-state index contributed by atoms with van der Waals surface area (Å²) in [5, 5.41) is 7.00. The van der Waals surface area contributed by atoms with Crippen LogP contribution in [0, 0.1) is 0 Å². The van der Waals surface area contributed by atoms with Gasteiger partial charge in [-0.05, 0) is 72.1 Å². The summed E-state index contributed by atoms with van der Waals surface area (Å²) in [6.45, 7) is 4.53. The topological polar surface area (TPSA) is 134 Å². The summed E-state index contributed by atoms with van der Waals surface area (Å²) in [5.74, 6) is -0.680. The molecule has 0 fully saturated rings. The third kappa shape index (κ3) is 6.74. The molecule has 0 aliphatic rings. The van der Waals surface area contributed by atoms with Crippen LogP contribution in [0.5, 0.6) is 0 Å². The number of hydrogen-bond donors (Lipinski definition) is 2. The van der Waals surface area contributed by atoms with Gasteiger partial charge in [-0.2, -0.15) is 5.10 Å². The van der Waals surface area contributed by atoms with Crippen molar-refractivity contribution < 1.29 is 17.9 Å². The number of pyridine rings is 1. The van der Waals surface area contributed by atoms with Gasteiger partial charge < -0.3 is 15.0 Å². The Labute approximate surface area is 261 Å². The van der Waals surface area contributed by atoms with E-state index < -0.39 is 16.0 Å². The molecule has 11 heteroatoms. The maximum Gasteiger partial charge on any atom is 0.355 e. The van der Waals surface area contributed by atoms with Gasteiger partial charge in [-0.1, -0.05) is 54.6 Å². The van der Waals surface area contributed by atoms with Crippen molar-refractivity contribution in [2.45, 2.75) is 45.3 Å². The van der Waals surface area contributed by atoms with Crippen molar-refractivity contribution in [3.05, 3.63) is 125 Å². The zero-order valence-electron chi connectivity index (χ0n) is 25.1. The summed E-state index contributed by atoms with van der Waals surface area (Å²) in [4.78, 5) is 18.3. The molecule has 0 spiro atoms. The second kappa shape index (κ2) is 12.5. The molecule has 6 aromatic rings.